The summed E-state index contributed by atoms with van der Waals surface area (Å²) in [5.41, 5.74) is 0.610. The number of rotatable bonds is 2. The number of hydrogen-bond donors (Lipinski definition) is 0. The quantitative estimate of drug-likeness (QED) is 0.580. The van der Waals surface area contributed by atoms with Crippen LogP contribution in [0.1, 0.15) is 31.0 Å². The third-order valence-corrected chi connectivity index (χ3v) is 7.00. The Balaban J connectivity index is 1.80. The summed E-state index contributed by atoms with van der Waals surface area (Å²) in [7, 11) is 0. The van der Waals surface area contributed by atoms with Crippen molar-refractivity contribution in [2.75, 3.05) is 0 Å². The number of fused-ring (bicyclic) bond motifs is 6. The van der Waals surface area contributed by atoms with Crippen molar-refractivity contribution in [3.8, 4) is 5.75 Å². The second-order valence-electron chi connectivity index (χ2n) is 7.46. The van der Waals surface area contributed by atoms with Crippen LogP contribution in [0, 0.1) is 5.92 Å². The minimum Gasteiger partial charge on any atom is -0.465 e. The Morgan fingerprint density at radius 1 is 1.24 bits per heavy atom. The lowest BCUT2D eigenvalue weighted by Crippen LogP contribution is -2.58. The van der Waals surface area contributed by atoms with Gasteiger partial charge in [0.25, 0.3) is 5.56 Å². The molecule has 29 heavy (non-hydrogen) atoms. The molecule has 0 radical (unpaired) electrons. The summed E-state index contributed by atoms with van der Waals surface area (Å²) in [5.74, 6) is 0.0686. The molecule has 146 valence electrons. The van der Waals surface area contributed by atoms with E-state index in [1.54, 1.807) is 11.5 Å². The summed E-state index contributed by atoms with van der Waals surface area (Å²) in [6, 6.07) is 14.9. The summed E-state index contributed by atoms with van der Waals surface area (Å²) in [5, 5.41) is 0. The molecule has 5 rings (SSSR count). The van der Waals surface area contributed by atoms with E-state index in [1.165, 1.54) is 11.3 Å². The SMILES string of the molecule is CC(=O)C1C2c3ccccc3OC1(C)N=c1s/c(=C\c3ccc(Br)cc3)c(=O)n12. The number of thiazole rings is 1. The number of benzene rings is 2. The highest BCUT2D eigenvalue weighted by molar-refractivity contribution is 9.10. The largest absolute Gasteiger partial charge is 0.465 e. The Hall–Kier alpha value is -2.51. The van der Waals surface area contributed by atoms with Gasteiger partial charge < -0.3 is 4.74 Å². The maximum Gasteiger partial charge on any atom is 0.270 e. The summed E-state index contributed by atoms with van der Waals surface area (Å²) >= 11 is 4.76. The zero-order chi connectivity index (χ0) is 20.3. The van der Waals surface area contributed by atoms with E-state index >= 15 is 0 Å². The molecule has 3 aromatic rings. The van der Waals surface area contributed by atoms with E-state index in [2.05, 4.69) is 15.9 Å². The average molecular weight is 469 g/mol. The van der Waals surface area contributed by atoms with Crippen molar-refractivity contribution in [1.29, 1.82) is 0 Å². The molecule has 0 N–H and O–H groups in total. The number of halogens is 1. The van der Waals surface area contributed by atoms with Gasteiger partial charge in [0.05, 0.1) is 10.6 Å². The first-order valence-electron chi connectivity index (χ1n) is 9.24. The van der Waals surface area contributed by atoms with E-state index in [0.29, 0.717) is 15.1 Å². The fraction of sp³-hybridized carbons (Fsp3) is 0.227. The fourth-order valence-corrected chi connectivity index (χ4v) is 5.63. The summed E-state index contributed by atoms with van der Waals surface area (Å²) in [6.07, 6.45) is 1.86. The molecule has 0 saturated heterocycles. The normalized spacial score (nSPS) is 24.9. The molecular weight excluding hydrogens is 452 g/mol. The standard InChI is InChI=1S/C22H17BrN2O3S/c1-12(26)18-19-15-5-3-4-6-16(15)28-22(18,2)24-21-25(19)20(27)17(29-21)11-13-7-9-14(23)10-8-13/h3-11,18-19H,1-2H3/b17-11-. The number of ether oxygens (including phenoxy) is 1. The van der Waals surface area contributed by atoms with Crippen LogP contribution in [0.25, 0.3) is 6.08 Å². The minimum absolute atomic E-state index is 0.0436. The Morgan fingerprint density at radius 3 is 2.69 bits per heavy atom. The van der Waals surface area contributed by atoms with Crippen LogP contribution in [-0.4, -0.2) is 16.1 Å². The number of carbonyl (C=O) groups is 1. The monoisotopic (exact) mass is 468 g/mol. The van der Waals surface area contributed by atoms with Crippen LogP contribution in [0.3, 0.4) is 0 Å². The number of hydrogen-bond acceptors (Lipinski definition) is 5. The first kappa shape index (κ1) is 18.5. The Labute approximate surface area is 179 Å². The smallest absolute Gasteiger partial charge is 0.270 e. The van der Waals surface area contributed by atoms with Crippen molar-refractivity contribution in [1.82, 2.24) is 4.57 Å². The number of Topliss-reactive ketones (excluding diaryl/α,β-unsaturated/α-hetero) is 1. The molecule has 3 unspecified atom stereocenters. The second kappa shape index (κ2) is 6.50. The minimum atomic E-state index is -1.03. The summed E-state index contributed by atoms with van der Waals surface area (Å²) in [4.78, 5) is 31.3. The second-order valence-corrected chi connectivity index (χ2v) is 9.38. The highest BCUT2D eigenvalue weighted by Crippen LogP contribution is 2.47. The molecule has 0 saturated carbocycles. The number of aromatic nitrogens is 1. The lowest BCUT2D eigenvalue weighted by atomic mass is 9.79. The van der Waals surface area contributed by atoms with E-state index in [0.717, 1.165) is 15.6 Å². The van der Waals surface area contributed by atoms with Gasteiger partial charge in [-0.15, -0.1) is 0 Å². The molecule has 7 heteroatoms. The van der Waals surface area contributed by atoms with Gasteiger partial charge >= 0.3 is 0 Å². The maximum atomic E-state index is 13.4. The Bertz CT molecular complexity index is 1330. The molecule has 2 aliphatic rings. The summed E-state index contributed by atoms with van der Waals surface area (Å²) < 4.78 is 9.42. The van der Waals surface area contributed by atoms with Crippen LogP contribution in [0.2, 0.25) is 0 Å². The average Bonchev–Trinajstić information content (AvgIpc) is 2.96. The lowest BCUT2D eigenvalue weighted by molar-refractivity contribution is -0.132. The molecule has 2 aliphatic heterocycles. The predicted molar refractivity (Wildman–Crippen MR) is 115 cm³/mol. The van der Waals surface area contributed by atoms with Crippen LogP contribution in [0.15, 0.2) is 62.8 Å². The first-order valence-corrected chi connectivity index (χ1v) is 10.9. The molecule has 5 nitrogen and oxygen atoms in total. The van der Waals surface area contributed by atoms with Crippen LogP contribution in [0.4, 0.5) is 0 Å². The zero-order valence-corrected chi connectivity index (χ0v) is 18.2. The van der Waals surface area contributed by atoms with E-state index in [4.69, 9.17) is 9.73 Å². The van der Waals surface area contributed by atoms with Crippen molar-refractivity contribution < 1.29 is 9.53 Å². The molecule has 3 heterocycles. The molecular formula is C22H17BrN2O3S. The number of nitrogens with zero attached hydrogens (tertiary/aromatic N) is 2. The van der Waals surface area contributed by atoms with Crippen molar-refractivity contribution in [2.24, 2.45) is 10.9 Å². The summed E-state index contributed by atoms with van der Waals surface area (Å²) in [6.45, 7) is 3.37. The van der Waals surface area contributed by atoms with Crippen LogP contribution < -0.4 is 19.6 Å². The van der Waals surface area contributed by atoms with Gasteiger partial charge in [0, 0.05) is 10.0 Å². The molecule has 0 fully saturated rings. The van der Waals surface area contributed by atoms with Crippen LogP contribution in [0.5, 0.6) is 5.75 Å². The molecule has 3 atom stereocenters. The first-order chi connectivity index (χ1) is 13.9. The number of para-hydroxylation sites is 1. The van der Waals surface area contributed by atoms with E-state index in [-0.39, 0.29) is 11.3 Å². The van der Waals surface area contributed by atoms with Gasteiger partial charge in [0.15, 0.2) is 4.80 Å². The van der Waals surface area contributed by atoms with Gasteiger partial charge in [-0.1, -0.05) is 57.6 Å². The molecule has 0 aliphatic carbocycles. The van der Waals surface area contributed by atoms with Gasteiger partial charge in [0.1, 0.15) is 17.5 Å². The Kier molecular flexibility index (Phi) is 4.15. The van der Waals surface area contributed by atoms with Gasteiger partial charge in [-0.05, 0) is 43.7 Å². The van der Waals surface area contributed by atoms with Crippen molar-refractivity contribution in [3.63, 3.8) is 0 Å². The van der Waals surface area contributed by atoms with Crippen molar-refractivity contribution in [3.05, 3.63) is 83.8 Å². The molecule has 2 aromatic carbocycles. The molecule has 0 spiro atoms. The van der Waals surface area contributed by atoms with Crippen molar-refractivity contribution >= 4 is 39.1 Å². The zero-order valence-electron chi connectivity index (χ0n) is 15.8. The van der Waals surface area contributed by atoms with E-state index in [9.17, 15) is 9.59 Å². The van der Waals surface area contributed by atoms with Gasteiger partial charge in [-0.25, -0.2) is 4.99 Å². The third kappa shape index (κ3) is 2.83. The number of ketones is 1. The van der Waals surface area contributed by atoms with Crippen LogP contribution in [-0.2, 0) is 4.79 Å². The topological polar surface area (TPSA) is 60.7 Å². The van der Waals surface area contributed by atoms with Crippen molar-refractivity contribution in [2.45, 2.75) is 25.6 Å². The fourth-order valence-electron chi connectivity index (χ4n) is 4.27. The molecule has 0 amide bonds. The maximum absolute atomic E-state index is 13.4. The third-order valence-electron chi connectivity index (χ3n) is 5.49. The Morgan fingerprint density at radius 2 is 1.97 bits per heavy atom. The van der Waals surface area contributed by atoms with Crippen LogP contribution >= 0.6 is 27.3 Å². The predicted octanol–water partition coefficient (Wildman–Crippen LogP) is 3.04. The van der Waals surface area contributed by atoms with Gasteiger partial charge in [-0.2, -0.15) is 0 Å². The highest BCUT2D eigenvalue weighted by Gasteiger charge is 2.53. The van der Waals surface area contributed by atoms with Gasteiger partial charge in [0.2, 0.25) is 5.72 Å². The van der Waals surface area contributed by atoms with Gasteiger partial charge in [-0.3, -0.25) is 14.2 Å². The van der Waals surface area contributed by atoms with E-state index < -0.39 is 17.7 Å². The molecule has 1 aromatic heterocycles. The molecule has 2 bridgehead atoms. The number of carbonyl (C=O) groups excluding carboxylic acids is 1. The lowest BCUT2D eigenvalue weighted by Gasteiger charge is -2.45. The highest BCUT2D eigenvalue weighted by atomic mass is 79.9. The van der Waals surface area contributed by atoms with E-state index in [1.807, 2.05) is 61.5 Å².